The predicted octanol–water partition coefficient (Wildman–Crippen LogP) is 0.846. The summed E-state index contributed by atoms with van der Waals surface area (Å²) in [4.78, 5) is 47.0. The van der Waals surface area contributed by atoms with E-state index in [0.29, 0.717) is 35.5 Å². The number of carbonyl (C=O) groups is 1. The summed E-state index contributed by atoms with van der Waals surface area (Å²) in [6.07, 6.45) is 0.394. The van der Waals surface area contributed by atoms with Crippen LogP contribution >= 0.6 is 0 Å². The van der Waals surface area contributed by atoms with E-state index in [4.69, 9.17) is 0 Å². The van der Waals surface area contributed by atoms with Gasteiger partial charge in [0.1, 0.15) is 5.69 Å². The van der Waals surface area contributed by atoms with Gasteiger partial charge in [0, 0.05) is 37.3 Å². The van der Waals surface area contributed by atoms with Crippen molar-refractivity contribution in [1.82, 2.24) is 24.8 Å². The Morgan fingerprint density at radius 2 is 1.96 bits per heavy atom. The Labute approximate surface area is 155 Å². The van der Waals surface area contributed by atoms with E-state index in [1.165, 1.54) is 4.57 Å². The van der Waals surface area contributed by atoms with Crippen molar-refractivity contribution in [3.05, 3.63) is 68.3 Å². The van der Waals surface area contributed by atoms with Crippen LogP contribution in [0.1, 0.15) is 23.5 Å². The summed E-state index contributed by atoms with van der Waals surface area (Å²) in [6.45, 7) is 4.25. The summed E-state index contributed by atoms with van der Waals surface area (Å²) in [7, 11) is 0. The number of amides is 1. The molecule has 3 rings (SSSR count). The normalized spacial score (nSPS) is 10.9. The van der Waals surface area contributed by atoms with Gasteiger partial charge in [0.25, 0.3) is 5.56 Å². The molecule has 0 atom stereocenters. The van der Waals surface area contributed by atoms with Crippen LogP contribution in [0.5, 0.6) is 0 Å². The second-order valence-corrected chi connectivity index (χ2v) is 6.35. The molecule has 2 heterocycles. The molecule has 0 aliphatic carbocycles. The number of aromatic nitrogens is 4. The monoisotopic (exact) mass is 367 g/mol. The number of hydrogen-bond acceptors (Lipinski definition) is 5. The lowest BCUT2D eigenvalue weighted by atomic mass is 10.2. The molecule has 0 aliphatic rings. The second-order valence-electron chi connectivity index (χ2n) is 6.35. The molecule has 0 unspecified atom stereocenters. The van der Waals surface area contributed by atoms with Crippen molar-refractivity contribution in [3.63, 3.8) is 0 Å². The molecule has 0 aliphatic heterocycles. The van der Waals surface area contributed by atoms with E-state index >= 15 is 0 Å². The fraction of sp³-hybridized carbons (Fsp3) is 0.316. The molecule has 8 heteroatoms. The molecular formula is C19H21N5O3. The van der Waals surface area contributed by atoms with Gasteiger partial charge in [-0.05, 0) is 32.0 Å². The summed E-state index contributed by atoms with van der Waals surface area (Å²) < 4.78 is 1.52. The van der Waals surface area contributed by atoms with Crippen LogP contribution in [0.15, 0.2) is 39.9 Å². The first-order chi connectivity index (χ1) is 12.9. The number of carbonyl (C=O) groups excluding carboxylic acids is 1. The van der Waals surface area contributed by atoms with Crippen LogP contribution in [0.25, 0.3) is 11.0 Å². The number of rotatable bonds is 6. The summed E-state index contributed by atoms with van der Waals surface area (Å²) in [5.41, 5.74) is 2.55. The second kappa shape index (κ2) is 7.94. The number of nitrogens with zero attached hydrogens (tertiary/aromatic N) is 3. The lowest BCUT2D eigenvalue weighted by molar-refractivity contribution is -0.121. The van der Waals surface area contributed by atoms with E-state index in [9.17, 15) is 14.4 Å². The first-order valence-electron chi connectivity index (χ1n) is 8.74. The average molecular weight is 367 g/mol. The molecule has 8 nitrogen and oxygen atoms in total. The van der Waals surface area contributed by atoms with Gasteiger partial charge in [0.15, 0.2) is 0 Å². The van der Waals surface area contributed by atoms with Gasteiger partial charge in [-0.25, -0.2) is 9.78 Å². The molecule has 140 valence electrons. The Kier molecular flexibility index (Phi) is 5.44. The largest absolute Gasteiger partial charge is 0.354 e. The molecule has 2 aromatic heterocycles. The van der Waals surface area contributed by atoms with Gasteiger partial charge in [-0.1, -0.05) is 12.1 Å². The Balaban J connectivity index is 1.55. The third kappa shape index (κ3) is 4.46. The number of fused-ring (bicyclic) bond motifs is 1. The zero-order valence-corrected chi connectivity index (χ0v) is 15.3. The fourth-order valence-electron chi connectivity index (χ4n) is 2.91. The zero-order chi connectivity index (χ0) is 19.4. The van der Waals surface area contributed by atoms with E-state index in [1.54, 1.807) is 13.0 Å². The molecular weight excluding hydrogens is 346 g/mol. The van der Waals surface area contributed by atoms with E-state index < -0.39 is 0 Å². The number of aromatic amines is 1. The lowest BCUT2D eigenvalue weighted by Crippen LogP contribution is -2.33. The van der Waals surface area contributed by atoms with E-state index in [1.807, 2.05) is 31.2 Å². The van der Waals surface area contributed by atoms with Crippen molar-refractivity contribution in [2.24, 2.45) is 0 Å². The van der Waals surface area contributed by atoms with Crippen LogP contribution < -0.4 is 16.6 Å². The maximum absolute atomic E-state index is 12.1. The molecule has 0 fully saturated rings. The van der Waals surface area contributed by atoms with Crippen molar-refractivity contribution in [2.75, 3.05) is 6.54 Å². The predicted molar refractivity (Wildman–Crippen MR) is 102 cm³/mol. The third-order valence-corrected chi connectivity index (χ3v) is 4.26. The van der Waals surface area contributed by atoms with Crippen molar-refractivity contribution in [1.29, 1.82) is 0 Å². The van der Waals surface area contributed by atoms with Gasteiger partial charge in [0.05, 0.1) is 11.0 Å². The third-order valence-electron chi connectivity index (χ3n) is 4.26. The number of para-hydroxylation sites is 2. The smallest absolute Gasteiger partial charge is 0.348 e. The van der Waals surface area contributed by atoms with Crippen LogP contribution in [0, 0.1) is 13.8 Å². The summed E-state index contributed by atoms with van der Waals surface area (Å²) >= 11 is 0. The van der Waals surface area contributed by atoms with Crippen molar-refractivity contribution in [2.45, 2.75) is 33.2 Å². The van der Waals surface area contributed by atoms with Gasteiger partial charge < -0.3 is 10.3 Å². The number of nitrogens with one attached hydrogen (secondary N) is 2. The first-order valence-corrected chi connectivity index (χ1v) is 8.74. The topological polar surface area (TPSA) is 110 Å². The quantitative estimate of drug-likeness (QED) is 0.671. The van der Waals surface area contributed by atoms with Gasteiger partial charge in [-0.15, -0.1) is 0 Å². The van der Waals surface area contributed by atoms with Crippen LogP contribution in [0.3, 0.4) is 0 Å². The number of benzene rings is 1. The van der Waals surface area contributed by atoms with E-state index in [-0.39, 0.29) is 30.0 Å². The Morgan fingerprint density at radius 3 is 2.74 bits per heavy atom. The first kappa shape index (κ1) is 18.5. The number of aryl methyl sites for hydroxylation is 3. The fourth-order valence-corrected chi connectivity index (χ4v) is 2.91. The van der Waals surface area contributed by atoms with Crippen molar-refractivity contribution in [3.8, 4) is 0 Å². The average Bonchev–Trinajstić information content (AvgIpc) is 2.62. The van der Waals surface area contributed by atoms with Gasteiger partial charge in [0.2, 0.25) is 5.91 Å². The van der Waals surface area contributed by atoms with Crippen molar-refractivity contribution >= 4 is 16.9 Å². The van der Waals surface area contributed by atoms with E-state index in [0.717, 1.165) is 5.69 Å². The molecule has 1 amide bonds. The standard InChI is InChI=1S/C19H21N5O3/c1-12-11-13(2)24(19(27)21-12)10-9-20-17(25)8-7-16-18(26)23-15-6-4-3-5-14(15)22-16/h3-6,11H,7-10H2,1-2H3,(H,20,25)(H,23,26). The molecule has 1 aromatic carbocycles. The van der Waals surface area contributed by atoms with E-state index in [2.05, 4.69) is 20.3 Å². The highest BCUT2D eigenvalue weighted by atomic mass is 16.2. The maximum Gasteiger partial charge on any atom is 0.348 e. The molecule has 3 aromatic rings. The van der Waals surface area contributed by atoms with Gasteiger partial charge in [-0.3, -0.25) is 14.2 Å². The summed E-state index contributed by atoms with van der Waals surface area (Å²) in [6, 6.07) is 9.08. The van der Waals surface area contributed by atoms with Crippen LogP contribution in [0.2, 0.25) is 0 Å². The van der Waals surface area contributed by atoms with Crippen LogP contribution in [-0.4, -0.2) is 32.0 Å². The molecule has 0 saturated heterocycles. The van der Waals surface area contributed by atoms with Gasteiger partial charge >= 0.3 is 5.69 Å². The molecule has 0 saturated carbocycles. The minimum Gasteiger partial charge on any atom is -0.354 e. The highest BCUT2D eigenvalue weighted by Crippen LogP contribution is 2.06. The van der Waals surface area contributed by atoms with Crippen molar-refractivity contribution < 1.29 is 4.79 Å². The lowest BCUT2D eigenvalue weighted by Gasteiger charge is -2.10. The minimum atomic E-state index is -0.325. The van der Waals surface area contributed by atoms with Crippen LogP contribution in [-0.2, 0) is 17.8 Å². The number of hydrogen-bond donors (Lipinski definition) is 2. The molecule has 2 N–H and O–H groups in total. The molecule has 0 spiro atoms. The highest BCUT2D eigenvalue weighted by molar-refractivity contribution is 5.76. The maximum atomic E-state index is 12.1. The number of H-pyrrole nitrogens is 1. The van der Waals surface area contributed by atoms with Gasteiger partial charge in [-0.2, -0.15) is 4.98 Å². The zero-order valence-electron chi connectivity index (χ0n) is 15.3. The SMILES string of the molecule is Cc1cc(C)n(CCNC(=O)CCc2nc3ccccc3[nH]c2=O)c(=O)n1. The molecule has 27 heavy (non-hydrogen) atoms. The Hall–Kier alpha value is -3.29. The molecule has 0 radical (unpaired) electrons. The Bertz CT molecular complexity index is 1100. The summed E-state index contributed by atoms with van der Waals surface area (Å²) in [5.74, 6) is -0.199. The Morgan fingerprint density at radius 1 is 1.19 bits per heavy atom. The molecule has 0 bridgehead atoms. The minimum absolute atomic E-state index is 0.147. The van der Waals surface area contributed by atoms with Crippen LogP contribution in [0.4, 0.5) is 0 Å². The summed E-state index contributed by atoms with van der Waals surface area (Å²) in [5, 5.41) is 2.76. The highest BCUT2D eigenvalue weighted by Gasteiger charge is 2.09.